The number of nitrogens with zero attached hydrogens (tertiary/aromatic N) is 1. The minimum atomic E-state index is -0.527. The van der Waals surface area contributed by atoms with Gasteiger partial charge in [0.2, 0.25) is 0 Å². The lowest BCUT2D eigenvalue weighted by Gasteiger charge is -2.28. The average molecular weight is 380 g/mol. The van der Waals surface area contributed by atoms with Crippen LogP contribution in [0.4, 0.5) is 0 Å². The number of amides is 1. The molecule has 0 spiro atoms. The molecule has 2 atom stereocenters. The Morgan fingerprint density at radius 3 is 2.62 bits per heavy atom. The molecular formula is C20H29NO4S. The lowest BCUT2D eigenvalue weighted by Crippen LogP contribution is -2.48. The standard InChI is InChI=1S/C20H29NO4S/c1-4-5-7-12-19-21(17(14-26-19)20(23)25-15(2)3)18(22)13-24-16-10-8-6-9-11-16/h6,8-11,15,17,19H,4-5,7,12-14H2,1-3H3. The molecule has 1 amide bonds. The summed E-state index contributed by atoms with van der Waals surface area (Å²) in [7, 11) is 0. The number of rotatable bonds is 9. The summed E-state index contributed by atoms with van der Waals surface area (Å²) in [6.07, 6.45) is 4.00. The number of hydrogen-bond donors (Lipinski definition) is 0. The van der Waals surface area contributed by atoms with Gasteiger partial charge in [0.1, 0.15) is 11.8 Å². The van der Waals surface area contributed by atoms with Crippen molar-refractivity contribution in [3.05, 3.63) is 30.3 Å². The van der Waals surface area contributed by atoms with E-state index in [1.54, 1.807) is 16.7 Å². The summed E-state index contributed by atoms with van der Waals surface area (Å²) in [4.78, 5) is 27.0. The molecule has 1 aliphatic rings. The smallest absolute Gasteiger partial charge is 0.330 e. The number of thioether (sulfide) groups is 1. The van der Waals surface area contributed by atoms with Crippen molar-refractivity contribution < 1.29 is 19.1 Å². The predicted octanol–water partition coefficient (Wildman–Crippen LogP) is 3.87. The van der Waals surface area contributed by atoms with Crippen LogP contribution in [-0.4, -0.2) is 46.7 Å². The molecule has 6 heteroatoms. The molecular weight excluding hydrogens is 350 g/mol. The maximum Gasteiger partial charge on any atom is 0.330 e. The zero-order valence-electron chi connectivity index (χ0n) is 15.8. The van der Waals surface area contributed by atoms with E-state index in [0.717, 1.165) is 25.7 Å². The van der Waals surface area contributed by atoms with Crippen LogP contribution in [0, 0.1) is 0 Å². The number of ether oxygens (including phenoxy) is 2. The summed E-state index contributed by atoms with van der Waals surface area (Å²) in [6, 6.07) is 8.72. The normalized spacial score (nSPS) is 19.6. The van der Waals surface area contributed by atoms with Crippen LogP contribution in [0.1, 0.15) is 46.5 Å². The van der Waals surface area contributed by atoms with Crippen molar-refractivity contribution in [2.75, 3.05) is 12.4 Å². The third-order valence-electron chi connectivity index (χ3n) is 4.16. The Labute approximate surface area is 160 Å². The molecule has 1 aromatic carbocycles. The molecule has 26 heavy (non-hydrogen) atoms. The van der Waals surface area contributed by atoms with Gasteiger partial charge in [0.15, 0.2) is 6.61 Å². The number of carbonyl (C=O) groups is 2. The van der Waals surface area contributed by atoms with Crippen molar-refractivity contribution in [2.24, 2.45) is 0 Å². The highest BCUT2D eigenvalue weighted by Gasteiger charge is 2.42. The van der Waals surface area contributed by atoms with Gasteiger partial charge >= 0.3 is 5.97 Å². The van der Waals surface area contributed by atoms with Gasteiger partial charge in [-0.05, 0) is 32.4 Å². The van der Waals surface area contributed by atoms with Crippen LogP contribution >= 0.6 is 11.8 Å². The monoisotopic (exact) mass is 379 g/mol. The predicted molar refractivity (Wildman–Crippen MR) is 104 cm³/mol. The molecule has 0 radical (unpaired) electrons. The Morgan fingerprint density at radius 2 is 1.96 bits per heavy atom. The SMILES string of the molecule is CCCCCC1SCC(C(=O)OC(C)C)N1C(=O)COc1ccccc1. The van der Waals surface area contributed by atoms with Gasteiger partial charge in [0, 0.05) is 5.75 Å². The molecule has 0 aromatic heterocycles. The quantitative estimate of drug-likeness (QED) is 0.482. The van der Waals surface area contributed by atoms with E-state index in [4.69, 9.17) is 9.47 Å². The Hall–Kier alpha value is -1.69. The van der Waals surface area contributed by atoms with Crippen molar-refractivity contribution in [3.8, 4) is 5.75 Å². The van der Waals surface area contributed by atoms with Crippen LogP contribution < -0.4 is 4.74 Å². The molecule has 1 fully saturated rings. The summed E-state index contributed by atoms with van der Waals surface area (Å²) < 4.78 is 11.0. The number of esters is 1. The Kier molecular flexibility index (Phi) is 8.29. The van der Waals surface area contributed by atoms with E-state index >= 15 is 0 Å². The van der Waals surface area contributed by atoms with Crippen molar-refractivity contribution in [3.63, 3.8) is 0 Å². The number of carbonyl (C=O) groups excluding carboxylic acids is 2. The number of unbranched alkanes of at least 4 members (excludes halogenated alkanes) is 2. The van der Waals surface area contributed by atoms with Gasteiger partial charge < -0.3 is 14.4 Å². The van der Waals surface area contributed by atoms with Crippen molar-refractivity contribution in [2.45, 2.75) is 64.0 Å². The van der Waals surface area contributed by atoms with Gasteiger partial charge in [-0.3, -0.25) is 4.79 Å². The van der Waals surface area contributed by atoms with Gasteiger partial charge in [0.25, 0.3) is 5.91 Å². The minimum absolute atomic E-state index is 0.0122. The fourth-order valence-electron chi connectivity index (χ4n) is 2.92. The van der Waals surface area contributed by atoms with Gasteiger partial charge in [-0.15, -0.1) is 11.8 Å². The van der Waals surface area contributed by atoms with Crippen LogP contribution in [-0.2, 0) is 14.3 Å². The second kappa shape index (κ2) is 10.5. The highest BCUT2D eigenvalue weighted by Crippen LogP contribution is 2.33. The molecule has 1 aliphatic heterocycles. The summed E-state index contributed by atoms with van der Waals surface area (Å²) in [5, 5.41) is 0.0122. The van der Waals surface area contributed by atoms with Crippen molar-refractivity contribution in [1.82, 2.24) is 4.90 Å². The number of hydrogen-bond acceptors (Lipinski definition) is 5. The van der Waals surface area contributed by atoms with E-state index in [1.165, 1.54) is 0 Å². The van der Waals surface area contributed by atoms with E-state index in [1.807, 2.05) is 44.2 Å². The lowest BCUT2D eigenvalue weighted by molar-refractivity contribution is -0.157. The molecule has 1 heterocycles. The fraction of sp³-hybridized carbons (Fsp3) is 0.600. The number of para-hydroxylation sites is 1. The third kappa shape index (κ3) is 5.94. The molecule has 144 valence electrons. The second-order valence-electron chi connectivity index (χ2n) is 6.69. The summed E-state index contributed by atoms with van der Waals surface area (Å²) in [5.74, 6) is 0.750. The first-order valence-corrected chi connectivity index (χ1v) is 10.4. The fourth-order valence-corrected chi connectivity index (χ4v) is 4.38. The molecule has 0 saturated carbocycles. The maximum absolute atomic E-state index is 12.8. The second-order valence-corrected chi connectivity index (χ2v) is 7.90. The summed E-state index contributed by atoms with van der Waals surface area (Å²) >= 11 is 1.66. The van der Waals surface area contributed by atoms with E-state index in [-0.39, 0.29) is 30.0 Å². The van der Waals surface area contributed by atoms with Crippen molar-refractivity contribution in [1.29, 1.82) is 0 Å². The first kappa shape index (κ1) is 20.6. The minimum Gasteiger partial charge on any atom is -0.484 e. The zero-order chi connectivity index (χ0) is 18.9. The Balaban J connectivity index is 2.03. The first-order chi connectivity index (χ1) is 12.5. The molecule has 1 aromatic rings. The van der Waals surface area contributed by atoms with Crippen molar-refractivity contribution >= 4 is 23.6 Å². The van der Waals surface area contributed by atoms with E-state index in [2.05, 4.69) is 6.92 Å². The molecule has 0 bridgehead atoms. The van der Waals surface area contributed by atoms with E-state index in [9.17, 15) is 9.59 Å². The summed E-state index contributed by atoms with van der Waals surface area (Å²) in [5.41, 5.74) is 0. The van der Waals surface area contributed by atoms with Gasteiger partial charge in [-0.2, -0.15) is 0 Å². The largest absolute Gasteiger partial charge is 0.484 e. The molecule has 0 aliphatic carbocycles. The Morgan fingerprint density at radius 1 is 1.23 bits per heavy atom. The van der Waals surface area contributed by atoms with Crippen LogP contribution in [0.5, 0.6) is 5.75 Å². The zero-order valence-corrected chi connectivity index (χ0v) is 16.7. The molecule has 1 saturated heterocycles. The average Bonchev–Trinajstić information content (AvgIpc) is 3.04. The molecule has 5 nitrogen and oxygen atoms in total. The lowest BCUT2D eigenvalue weighted by atomic mass is 10.1. The van der Waals surface area contributed by atoms with E-state index in [0.29, 0.717) is 11.5 Å². The van der Waals surface area contributed by atoms with Gasteiger partial charge in [-0.1, -0.05) is 44.4 Å². The van der Waals surface area contributed by atoms with Crippen LogP contribution in [0.2, 0.25) is 0 Å². The van der Waals surface area contributed by atoms with Crippen LogP contribution in [0.25, 0.3) is 0 Å². The van der Waals surface area contributed by atoms with Crippen LogP contribution in [0.3, 0.4) is 0 Å². The number of benzene rings is 1. The third-order valence-corrected chi connectivity index (χ3v) is 5.52. The first-order valence-electron chi connectivity index (χ1n) is 9.34. The van der Waals surface area contributed by atoms with Gasteiger partial charge in [0.05, 0.1) is 11.5 Å². The topological polar surface area (TPSA) is 55.8 Å². The maximum atomic E-state index is 12.8. The summed E-state index contributed by atoms with van der Waals surface area (Å²) in [6.45, 7) is 5.73. The highest BCUT2D eigenvalue weighted by atomic mass is 32.2. The Bertz CT molecular complexity index is 578. The highest BCUT2D eigenvalue weighted by molar-refractivity contribution is 8.00. The van der Waals surface area contributed by atoms with E-state index < -0.39 is 6.04 Å². The van der Waals surface area contributed by atoms with Crippen LogP contribution in [0.15, 0.2) is 30.3 Å². The van der Waals surface area contributed by atoms with Gasteiger partial charge in [-0.25, -0.2) is 4.79 Å². The molecule has 0 N–H and O–H groups in total. The molecule has 2 unspecified atom stereocenters. The molecule has 2 rings (SSSR count).